The fourth-order valence-electron chi connectivity index (χ4n) is 4.65. The lowest BCUT2D eigenvalue weighted by molar-refractivity contribution is 0.401. The van der Waals surface area contributed by atoms with Crippen LogP contribution in [0.25, 0.3) is 11.4 Å². The highest BCUT2D eigenvalue weighted by atomic mass is 35.5. The number of nitrogen functional groups attached to an aromatic ring is 1. The zero-order chi connectivity index (χ0) is 24.1. The molecule has 2 aromatic heterocycles. The lowest BCUT2D eigenvalue weighted by atomic mass is 9.84. The third-order valence-electron chi connectivity index (χ3n) is 6.20. The summed E-state index contributed by atoms with van der Waals surface area (Å²) >= 11 is 12.4. The maximum atomic E-state index is 6.85. The molecule has 0 amide bonds. The smallest absolute Gasteiger partial charge is 0.231 e. The Morgan fingerprint density at radius 1 is 0.886 bits per heavy atom. The maximum absolute atomic E-state index is 6.85. The van der Waals surface area contributed by atoms with Crippen molar-refractivity contribution in [2.24, 2.45) is 0 Å². The summed E-state index contributed by atoms with van der Waals surface area (Å²) in [6.45, 7) is 1.97. The van der Waals surface area contributed by atoms with Gasteiger partial charge >= 0.3 is 0 Å². The summed E-state index contributed by atoms with van der Waals surface area (Å²) in [6, 6.07) is 27.3. The minimum Gasteiger partial charge on any atom is -0.420 e. The third-order valence-corrected chi connectivity index (χ3v) is 6.82. The lowest BCUT2D eigenvalue weighted by Crippen LogP contribution is -2.20. The molecule has 3 heterocycles. The van der Waals surface area contributed by atoms with Gasteiger partial charge in [0, 0.05) is 10.7 Å². The Balaban J connectivity index is 1.68. The van der Waals surface area contributed by atoms with Gasteiger partial charge in [0.15, 0.2) is 0 Å². The van der Waals surface area contributed by atoms with Crippen molar-refractivity contribution in [2.45, 2.75) is 12.8 Å². The molecule has 6 rings (SSSR count). The number of fused-ring (bicyclic) bond motifs is 2. The van der Waals surface area contributed by atoms with Crippen LogP contribution in [0.3, 0.4) is 0 Å². The summed E-state index contributed by atoms with van der Waals surface area (Å²) in [6.07, 6.45) is 0. The number of aryl methyl sites for hydroxylation is 1. The van der Waals surface area contributed by atoms with Crippen LogP contribution >= 0.6 is 23.8 Å². The predicted molar refractivity (Wildman–Crippen MR) is 140 cm³/mol. The van der Waals surface area contributed by atoms with E-state index in [9.17, 15) is 0 Å². The second-order valence-electron chi connectivity index (χ2n) is 8.28. The van der Waals surface area contributed by atoms with Gasteiger partial charge in [-0.15, -0.1) is 0 Å². The fourth-order valence-corrected chi connectivity index (χ4v) is 5.19. The molecule has 2 N–H and O–H groups in total. The topological polar surface area (TPSA) is 70.9 Å². The minimum absolute atomic E-state index is 0.302. The summed E-state index contributed by atoms with van der Waals surface area (Å²) in [5, 5.41) is 5.45. The van der Waals surface area contributed by atoms with E-state index in [1.807, 2.05) is 91.9 Å². The second-order valence-corrected chi connectivity index (χ2v) is 9.05. The summed E-state index contributed by atoms with van der Waals surface area (Å²) in [4.78, 5) is 4.69. The number of ether oxygens (including phenoxy) is 1. The molecule has 0 radical (unpaired) electrons. The molecular weight excluding hydrogens is 478 g/mol. The standard InChI is InChI=1S/C27H20ClN5OS/c1-16-21-22(19-14-8-9-15-20(19)28)23-24(29)32(17-10-4-2-5-11-17)27(35)30-25(23)34-26(21)33(31-16)18-12-6-3-7-13-18/h2-15,22H,29H2,1H3. The number of anilines is 1. The van der Waals surface area contributed by atoms with Gasteiger partial charge in [-0.2, -0.15) is 10.1 Å². The molecular formula is C27H20ClN5OS. The number of halogens is 1. The van der Waals surface area contributed by atoms with Gasteiger partial charge in [0.05, 0.1) is 28.4 Å². The van der Waals surface area contributed by atoms with E-state index in [-0.39, 0.29) is 5.92 Å². The van der Waals surface area contributed by atoms with Crippen LogP contribution in [0.15, 0.2) is 84.9 Å². The van der Waals surface area contributed by atoms with Gasteiger partial charge in [-0.1, -0.05) is 66.2 Å². The van der Waals surface area contributed by atoms with Gasteiger partial charge in [0.25, 0.3) is 0 Å². The summed E-state index contributed by atoms with van der Waals surface area (Å²) in [5.74, 6) is 1.03. The first-order valence-electron chi connectivity index (χ1n) is 11.1. The van der Waals surface area contributed by atoms with Crippen LogP contribution in [-0.4, -0.2) is 19.3 Å². The van der Waals surface area contributed by atoms with Gasteiger partial charge in [-0.3, -0.25) is 4.57 Å². The van der Waals surface area contributed by atoms with Gasteiger partial charge in [0.1, 0.15) is 5.82 Å². The van der Waals surface area contributed by atoms with Crippen molar-refractivity contribution in [3.05, 3.63) is 117 Å². The van der Waals surface area contributed by atoms with E-state index in [4.69, 9.17) is 44.4 Å². The van der Waals surface area contributed by atoms with Crippen LogP contribution in [0, 0.1) is 11.7 Å². The maximum Gasteiger partial charge on any atom is 0.231 e. The van der Waals surface area contributed by atoms with E-state index >= 15 is 0 Å². The van der Waals surface area contributed by atoms with Crippen molar-refractivity contribution in [2.75, 3.05) is 5.73 Å². The quantitative estimate of drug-likeness (QED) is 0.278. The van der Waals surface area contributed by atoms with Crippen molar-refractivity contribution in [1.29, 1.82) is 0 Å². The average Bonchev–Trinajstić information content (AvgIpc) is 3.20. The number of hydrogen-bond acceptors (Lipinski definition) is 5. The Kier molecular flexibility index (Phi) is 5.16. The van der Waals surface area contributed by atoms with Crippen molar-refractivity contribution < 1.29 is 4.74 Å². The van der Waals surface area contributed by atoms with E-state index in [2.05, 4.69) is 0 Å². The number of nitrogens with two attached hydrogens (primary N) is 1. The highest BCUT2D eigenvalue weighted by Crippen LogP contribution is 2.51. The Labute approximate surface area is 212 Å². The third kappa shape index (κ3) is 3.43. The van der Waals surface area contributed by atoms with Gasteiger partial charge in [-0.05, 0) is 55.0 Å². The summed E-state index contributed by atoms with van der Waals surface area (Å²) < 4.78 is 10.3. The van der Waals surface area contributed by atoms with Crippen molar-refractivity contribution in [3.8, 4) is 23.1 Å². The van der Waals surface area contributed by atoms with E-state index < -0.39 is 0 Å². The lowest BCUT2D eigenvalue weighted by Gasteiger charge is -2.29. The highest BCUT2D eigenvalue weighted by molar-refractivity contribution is 7.71. The molecule has 6 nitrogen and oxygen atoms in total. The van der Waals surface area contributed by atoms with Crippen LogP contribution in [0.1, 0.15) is 28.3 Å². The van der Waals surface area contributed by atoms with E-state index in [1.54, 1.807) is 9.25 Å². The molecule has 0 spiro atoms. The van der Waals surface area contributed by atoms with Crippen molar-refractivity contribution in [1.82, 2.24) is 19.3 Å². The number of nitrogens with zero attached hydrogens (tertiary/aromatic N) is 4. The van der Waals surface area contributed by atoms with E-state index in [0.29, 0.717) is 32.9 Å². The first-order valence-corrected chi connectivity index (χ1v) is 11.9. The zero-order valence-corrected chi connectivity index (χ0v) is 20.3. The predicted octanol–water partition coefficient (Wildman–Crippen LogP) is 6.62. The van der Waals surface area contributed by atoms with E-state index in [1.165, 1.54) is 0 Å². The monoisotopic (exact) mass is 497 g/mol. The largest absolute Gasteiger partial charge is 0.420 e. The minimum atomic E-state index is -0.349. The Morgan fingerprint density at radius 3 is 2.20 bits per heavy atom. The normalized spacial score (nSPS) is 14.2. The molecule has 0 saturated heterocycles. The number of benzene rings is 3. The zero-order valence-electron chi connectivity index (χ0n) is 18.7. The van der Waals surface area contributed by atoms with Crippen molar-refractivity contribution >= 4 is 29.6 Å². The fraction of sp³-hybridized carbons (Fsp3) is 0.0741. The average molecular weight is 498 g/mol. The highest BCUT2D eigenvalue weighted by Gasteiger charge is 2.39. The molecule has 8 heteroatoms. The molecule has 0 aliphatic carbocycles. The molecule has 1 aliphatic heterocycles. The molecule has 0 saturated carbocycles. The Morgan fingerprint density at radius 2 is 1.51 bits per heavy atom. The molecule has 3 aromatic carbocycles. The first-order chi connectivity index (χ1) is 17.0. The van der Waals surface area contributed by atoms with Crippen LogP contribution < -0.4 is 10.5 Å². The van der Waals surface area contributed by atoms with Gasteiger partial charge in [0.2, 0.25) is 16.5 Å². The molecule has 0 bridgehead atoms. The molecule has 35 heavy (non-hydrogen) atoms. The van der Waals surface area contributed by atoms with Crippen LogP contribution in [-0.2, 0) is 0 Å². The van der Waals surface area contributed by atoms with Crippen molar-refractivity contribution in [3.63, 3.8) is 0 Å². The molecule has 172 valence electrons. The second kappa shape index (κ2) is 8.37. The number of aromatic nitrogens is 4. The molecule has 1 atom stereocenters. The molecule has 1 aliphatic rings. The molecule has 1 unspecified atom stereocenters. The van der Waals surface area contributed by atoms with Gasteiger partial charge < -0.3 is 10.5 Å². The van der Waals surface area contributed by atoms with Crippen LogP contribution in [0.4, 0.5) is 5.82 Å². The number of hydrogen-bond donors (Lipinski definition) is 1. The number of para-hydroxylation sites is 2. The SMILES string of the molecule is Cc1nn(-c2ccccc2)c2c1C(c1ccccc1Cl)c1c(nc(=S)n(-c3ccccc3)c1N)O2. The molecule has 5 aromatic rings. The Hall–Kier alpha value is -3.94. The van der Waals surface area contributed by atoms with Gasteiger partial charge in [-0.25, -0.2) is 4.68 Å². The number of rotatable bonds is 3. The first kappa shape index (κ1) is 21.6. The Bertz CT molecular complexity index is 1630. The summed E-state index contributed by atoms with van der Waals surface area (Å²) in [5.41, 5.74) is 11.8. The van der Waals surface area contributed by atoms with Crippen LogP contribution in [0.5, 0.6) is 11.8 Å². The van der Waals surface area contributed by atoms with Crippen LogP contribution in [0.2, 0.25) is 5.02 Å². The molecule has 0 fully saturated rings. The summed E-state index contributed by atoms with van der Waals surface area (Å²) in [7, 11) is 0. The van der Waals surface area contributed by atoms with E-state index in [0.717, 1.165) is 28.2 Å².